The molecule has 0 radical (unpaired) electrons. The van der Waals surface area contributed by atoms with Crippen molar-refractivity contribution in [2.24, 2.45) is 0 Å². The highest BCUT2D eigenvalue weighted by Gasteiger charge is 2.14. The summed E-state index contributed by atoms with van der Waals surface area (Å²) in [7, 11) is 0. The maximum atomic E-state index is 12.3. The first-order valence-electron chi connectivity index (χ1n) is 9.07. The average Bonchev–Trinajstić information content (AvgIpc) is 3.39. The molecule has 0 aliphatic carbocycles. The van der Waals surface area contributed by atoms with Gasteiger partial charge < -0.3 is 10.6 Å². The minimum atomic E-state index is -0.122. The number of piperazine rings is 1. The Hall–Kier alpha value is -2.55. The number of nitrogens with one attached hydrogen (secondary N) is 2. The van der Waals surface area contributed by atoms with E-state index in [1.54, 1.807) is 11.6 Å². The normalized spacial score (nSPS) is 15.0. The minimum Gasteiger partial charge on any atom is -0.349 e. The van der Waals surface area contributed by atoms with Crippen LogP contribution in [0.3, 0.4) is 0 Å². The molecule has 2 N–H and O–H groups in total. The van der Waals surface area contributed by atoms with Crippen LogP contribution in [0.2, 0.25) is 0 Å². The summed E-state index contributed by atoms with van der Waals surface area (Å²) in [5, 5.41) is 13.3. The zero-order chi connectivity index (χ0) is 18.5. The van der Waals surface area contributed by atoms with Gasteiger partial charge in [-0.3, -0.25) is 9.69 Å². The summed E-state index contributed by atoms with van der Waals surface area (Å²) in [6.07, 6.45) is 3.71. The second kappa shape index (κ2) is 8.43. The third-order valence-electron chi connectivity index (χ3n) is 4.51. The lowest BCUT2D eigenvalue weighted by atomic mass is 10.3. The molecule has 0 unspecified atom stereocenters. The SMILES string of the molecule is O=C(NCCN1CCNCC1)c1csc(-c2cnn(-c3ccccc3)c2)n1. The van der Waals surface area contributed by atoms with Gasteiger partial charge in [0.2, 0.25) is 0 Å². The lowest BCUT2D eigenvalue weighted by Gasteiger charge is -2.26. The Kier molecular flexibility index (Phi) is 5.57. The highest BCUT2D eigenvalue weighted by molar-refractivity contribution is 7.13. The Bertz CT molecular complexity index is 885. The molecule has 1 amide bonds. The van der Waals surface area contributed by atoms with Gasteiger partial charge in [-0.25, -0.2) is 9.67 Å². The summed E-state index contributed by atoms with van der Waals surface area (Å²) in [4.78, 5) is 19.2. The van der Waals surface area contributed by atoms with Crippen molar-refractivity contribution in [2.45, 2.75) is 0 Å². The number of thiazole rings is 1. The van der Waals surface area contributed by atoms with Crippen molar-refractivity contribution in [3.8, 4) is 16.3 Å². The Balaban J connectivity index is 1.35. The number of nitrogens with zero attached hydrogens (tertiary/aromatic N) is 4. The van der Waals surface area contributed by atoms with E-state index in [1.165, 1.54) is 11.3 Å². The molecule has 140 valence electrons. The molecular weight excluding hydrogens is 360 g/mol. The monoisotopic (exact) mass is 382 g/mol. The van der Waals surface area contributed by atoms with Crippen LogP contribution in [-0.4, -0.2) is 64.8 Å². The number of para-hydroxylation sites is 1. The molecule has 27 heavy (non-hydrogen) atoms. The first-order valence-corrected chi connectivity index (χ1v) is 9.95. The number of aromatic nitrogens is 3. The number of rotatable bonds is 6. The maximum Gasteiger partial charge on any atom is 0.270 e. The van der Waals surface area contributed by atoms with E-state index >= 15 is 0 Å². The molecule has 2 aromatic heterocycles. The van der Waals surface area contributed by atoms with Crippen molar-refractivity contribution in [3.63, 3.8) is 0 Å². The molecule has 1 aliphatic rings. The minimum absolute atomic E-state index is 0.122. The molecule has 1 aliphatic heterocycles. The molecule has 3 heterocycles. The Morgan fingerprint density at radius 1 is 1.22 bits per heavy atom. The standard InChI is InChI=1S/C19H22N6OS/c26-18(21-8-11-24-9-6-20-7-10-24)17-14-27-19(23-17)15-12-22-25(13-15)16-4-2-1-3-5-16/h1-5,12-14,20H,6-11H2,(H,21,26). The van der Waals surface area contributed by atoms with Crippen LogP contribution in [0.4, 0.5) is 0 Å². The van der Waals surface area contributed by atoms with E-state index in [4.69, 9.17) is 0 Å². The van der Waals surface area contributed by atoms with E-state index in [-0.39, 0.29) is 5.91 Å². The van der Waals surface area contributed by atoms with Gasteiger partial charge in [-0.1, -0.05) is 18.2 Å². The van der Waals surface area contributed by atoms with E-state index in [1.807, 2.05) is 41.2 Å². The third-order valence-corrected chi connectivity index (χ3v) is 5.40. The fraction of sp³-hybridized carbons (Fsp3) is 0.316. The van der Waals surface area contributed by atoms with E-state index in [9.17, 15) is 4.79 Å². The van der Waals surface area contributed by atoms with Gasteiger partial charge in [0.25, 0.3) is 5.91 Å². The number of carbonyl (C=O) groups is 1. The van der Waals surface area contributed by atoms with Crippen LogP contribution >= 0.6 is 11.3 Å². The molecule has 4 rings (SSSR count). The fourth-order valence-electron chi connectivity index (χ4n) is 3.02. The molecule has 7 nitrogen and oxygen atoms in total. The van der Waals surface area contributed by atoms with Gasteiger partial charge in [-0.15, -0.1) is 11.3 Å². The van der Waals surface area contributed by atoms with E-state index in [0.717, 1.165) is 49.0 Å². The zero-order valence-electron chi connectivity index (χ0n) is 15.0. The van der Waals surface area contributed by atoms with Crippen molar-refractivity contribution in [3.05, 3.63) is 53.8 Å². The molecule has 1 aromatic carbocycles. The van der Waals surface area contributed by atoms with Crippen LogP contribution in [0, 0.1) is 0 Å². The second-order valence-electron chi connectivity index (χ2n) is 6.39. The molecule has 0 saturated carbocycles. The number of benzene rings is 1. The summed E-state index contributed by atoms with van der Waals surface area (Å²) in [6.45, 7) is 5.59. The molecule has 0 spiro atoms. The highest BCUT2D eigenvalue weighted by Crippen LogP contribution is 2.24. The van der Waals surface area contributed by atoms with Crippen LogP contribution in [-0.2, 0) is 0 Å². The van der Waals surface area contributed by atoms with Crippen molar-refractivity contribution < 1.29 is 4.79 Å². The molecule has 3 aromatic rings. The molecular formula is C19H22N6OS. The first-order chi connectivity index (χ1) is 13.3. The summed E-state index contributed by atoms with van der Waals surface area (Å²) >= 11 is 1.46. The van der Waals surface area contributed by atoms with E-state index in [2.05, 4.69) is 25.6 Å². The molecule has 1 fully saturated rings. The quantitative estimate of drug-likeness (QED) is 0.678. The second-order valence-corrected chi connectivity index (χ2v) is 7.25. The predicted octanol–water partition coefficient (Wildman–Crippen LogP) is 1.63. The van der Waals surface area contributed by atoms with Gasteiger partial charge in [0.1, 0.15) is 10.7 Å². The van der Waals surface area contributed by atoms with Crippen molar-refractivity contribution >= 4 is 17.2 Å². The van der Waals surface area contributed by atoms with Crippen LogP contribution in [0.15, 0.2) is 48.1 Å². The Morgan fingerprint density at radius 3 is 2.85 bits per heavy atom. The van der Waals surface area contributed by atoms with E-state index in [0.29, 0.717) is 12.2 Å². The van der Waals surface area contributed by atoms with Crippen molar-refractivity contribution in [2.75, 3.05) is 39.3 Å². The predicted molar refractivity (Wildman–Crippen MR) is 106 cm³/mol. The molecule has 1 saturated heterocycles. The zero-order valence-corrected chi connectivity index (χ0v) is 15.8. The van der Waals surface area contributed by atoms with Crippen molar-refractivity contribution in [1.82, 2.24) is 30.3 Å². The summed E-state index contributed by atoms with van der Waals surface area (Å²) in [6, 6.07) is 9.92. The van der Waals surface area contributed by atoms with Gasteiger partial charge >= 0.3 is 0 Å². The Morgan fingerprint density at radius 2 is 2.04 bits per heavy atom. The van der Waals surface area contributed by atoms with E-state index < -0.39 is 0 Å². The lowest BCUT2D eigenvalue weighted by molar-refractivity contribution is 0.0943. The molecule has 8 heteroatoms. The van der Waals surface area contributed by atoms with Gasteiger partial charge in [-0.2, -0.15) is 5.10 Å². The summed E-state index contributed by atoms with van der Waals surface area (Å²) in [5.74, 6) is -0.122. The van der Waals surface area contributed by atoms with Gasteiger partial charge in [-0.05, 0) is 12.1 Å². The van der Waals surface area contributed by atoms with Crippen LogP contribution in [0.25, 0.3) is 16.3 Å². The first kappa shape index (κ1) is 17.8. The number of amides is 1. The number of hydrogen-bond donors (Lipinski definition) is 2. The largest absolute Gasteiger partial charge is 0.349 e. The number of carbonyl (C=O) groups excluding carboxylic acids is 1. The van der Waals surface area contributed by atoms with Crippen LogP contribution < -0.4 is 10.6 Å². The summed E-state index contributed by atoms with van der Waals surface area (Å²) in [5.41, 5.74) is 2.36. The number of hydrogen-bond acceptors (Lipinski definition) is 6. The van der Waals surface area contributed by atoms with Gasteiger partial charge in [0.15, 0.2) is 0 Å². The fourth-order valence-corrected chi connectivity index (χ4v) is 3.79. The van der Waals surface area contributed by atoms with Gasteiger partial charge in [0.05, 0.1) is 11.9 Å². The van der Waals surface area contributed by atoms with Crippen LogP contribution in [0.1, 0.15) is 10.5 Å². The molecule has 0 bridgehead atoms. The highest BCUT2D eigenvalue weighted by atomic mass is 32.1. The topological polar surface area (TPSA) is 75.1 Å². The Labute approximate surface area is 162 Å². The smallest absolute Gasteiger partial charge is 0.270 e. The average molecular weight is 382 g/mol. The van der Waals surface area contributed by atoms with Gasteiger partial charge in [0, 0.05) is 56.4 Å². The summed E-state index contributed by atoms with van der Waals surface area (Å²) < 4.78 is 1.81. The lowest BCUT2D eigenvalue weighted by Crippen LogP contribution is -2.46. The maximum absolute atomic E-state index is 12.3. The molecule has 0 atom stereocenters. The van der Waals surface area contributed by atoms with Crippen LogP contribution in [0.5, 0.6) is 0 Å². The third kappa shape index (κ3) is 4.41. The van der Waals surface area contributed by atoms with Crippen molar-refractivity contribution in [1.29, 1.82) is 0 Å².